The van der Waals surface area contributed by atoms with Crippen molar-refractivity contribution < 1.29 is 4.79 Å². The average molecular weight is 424 g/mol. The van der Waals surface area contributed by atoms with Gasteiger partial charge in [-0.05, 0) is 34.9 Å². The maximum atomic E-state index is 13.1. The third-order valence-electron chi connectivity index (χ3n) is 4.83. The van der Waals surface area contributed by atoms with Gasteiger partial charge in [-0.3, -0.25) is 5.32 Å². The highest BCUT2D eigenvalue weighted by atomic mass is 32.1. The fourth-order valence-electron chi connectivity index (χ4n) is 3.52. The summed E-state index contributed by atoms with van der Waals surface area (Å²) in [5, 5.41) is 9.82. The van der Waals surface area contributed by atoms with Crippen molar-refractivity contribution in [1.82, 2.24) is 9.88 Å². The van der Waals surface area contributed by atoms with Gasteiger partial charge in [-0.25, -0.2) is 9.78 Å². The Bertz CT molecular complexity index is 1090. The van der Waals surface area contributed by atoms with Crippen molar-refractivity contribution in [1.29, 1.82) is 0 Å². The maximum absolute atomic E-state index is 13.1. The van der Waals surface area contributed by atoms with Gasteiger partial charge in [0.1, 0.15) is 0 Å². The fourth-order valence-corrected chi connectivity index (χ4v) is 5.99. The lowest BCUT2D eigenvalue weighted by atomic mass is 9.99. The molecule has 1 aliphatic heterocycles. The van der Waals surface area contributed by atoms with Crippen LogP contribution in [0.4, 0.5) is 9.93 Å². The van der Waals surface area contributed by atoms with E-state index < -0.39 is 0 Å². The molecule has 4 aromatic rings. The monoisotopic (exact) mass is 423 g/mol. The summed E-state index contributed by atoms with van der Waals surface area (Å²) in [7, 11) is 0. The zero-order valence-corrected chi connectivity index (χ0v) is 17.3. The molecule has 1 N–H and O–H groups in total. The van der Waals surface area contributed by atoms with Gasteiger partial charge in [0.15, 0.2) is 5.13 Å². The van der Waals surface area contributed by atoms with E-state index in [2.05, 4.69) is 33.2 Å². The van der Waals surface area contributed by atoms with Gasteiger partial charge in [0, 0.05) is 27.2 Å². The minimum Gasteiger partial charge on any atom is -0.312 e. The molecule has 0 radical (unpaired) electrons. The molecule has 4 heterocycles. The zero-order chi connectivity index (χ0) is 18.9. The van der Waals surface area contributed by atoms with Crippen molar-refractivity contribution in [2.75, 3.05) is 11.9 Å². The number of anilines is 1. The van der Waals surface area contributed by atoms with Gasteiger partial charge in [0.05, 0.1) is 11.7 Å². The van der Waals surface area contributed by atoms with Crippen molar-refractivity contribution in [3.63, 3.8) is 0 Å². The number of carbonyl (C=O) groups is 1. The van der Waals surface area contributed by atoms with Gasteiger partial charge in [-0.15, -0.1) is 34.0 Å². The van der Waals surface area contributed by atoms with Gasteiger partial charge in [-0.2, -0.15) is 0 Å². The SMILES string of the molecule is O=C(Nc1nc(-c2ccccc2)cs1)N1CCc2sccc2C1c1cccs1. The van der Waals surface area contributed by atoms with E-state index in [0.717, 1.165) is 17.7 Å². The molecule has 1 atom stereocenters. The third kappa shape index (κ3) is 3.26. The lowest BCUT2D eigenvalue weighted by Crippen LogP contribution is -2.42. The first-order valence-corrected chi connectivity index (χ1v) is 11.6. The molecule has 140 valence electrons. The van der Waals surface area contributed by atoms with Crippen molar-refractivity contribution in [2.45, 2.75) is 12.5 Å². The van der Waals surface area contributed by atoms with Crippen molar-refractivity contribution in [2.24, 2.45) is 0 Å². The van der Waals surface area contributed by atoms with Gasteiger partial charge >= 0.3 is 6.03 Å². The molecule has 3 aromatic heterocycles. The highest BCUT2D eigenvalue weighted by molar-refractivity contribution is 7.14. The summed E-state index contributed by atoms with van der Waals surface area (Å²) in [6.45, 7) is 0.707. The molecule has 1 aromatic carbocycles. The Morgan fingerprint density at radius 3 is 2.75 bits per heavy atom. The van der Waals surface area contributed by atoms with E-state index in [9.17, 15) is 4.79 Å². The normalized spacial score (nSPS) is 16.0. The van der Waals surface area contributed by atoms with Crippen molar-refractivity contribution in [3.05, 3.63) is 80.0 Å². The number of rotatable bonds is 3. The molecule has 0 bridgehead atoms. The predicted octanol–water partition coefficient (Wildman–Crippen LogP) is 6.11. The van der Waals surface area contributed by atoms with Crippen LogP contribution in [0.1, 0.15) is 21.4 Å². The summed E-state index contributed by atoms with van der Waals surface area (Å²) < 4.78 is 0. The van der Waals surface area contributed by atoms with E-state index >= 15 is 0 Å². The number of fused-ring (bicyclic) bond motifs is 1. The van der Waals surface area contributed by atoms with Crippen LogP contribution in [0.3, 0.4) is 0 Å². The van der Waals surface area contributed by atoms with E-state index in [1.807, 2.05) is 46.7 Å². The van der Waals surface area contributed by atoms with E-state index in [1.54, 1.807) is 22.7 Å². The predicted molar refractivity (Wildman–Crippen MR) is 117 cm³/mol. The van der Waals surface area contributed by atoms with Crippen LogP contribution in [0, 0.1) is 0 Å². The Kier molecular flexibility index (Phi) is 4.72. The van der Waals surface area contributed by atoms with E-state index in [4.69, 9.17) is 0 Å². The number of hydrogen-bond donors (Lipinski definition) is 1. The Morgan fingerprint density at radius 1 is 1.04 bits per heavy atom. The van der Waals surface area contributed by atoms with Crippen LogP contribution >= 0.6 is 34.0 Å². The van der Waals surface area contributed by atoms with E-state index in [0.29, 0.717) is 11.7 Å². The molecule has 28 heavy (non-hydrogen) atoms. The second kappa shape index (κ2) is 7.50. The number of thiazole rings is 1. The molecule has 1 unspecified atom stereocenters. The molecule has 0 saturated heterocycles. The number of hydrogen-bond acceptors (Lipinski definition) is 5. The van der Waals surface area contributed by atoms with Crippen molar-refractivity contribution >= 4 is 45.2 Å². The average Bonchev–Trinajstić information content (AvgIpc) is 3.49. The largest absolute Gasteiger partial charge is 0.324 e. The molecule has 1 aliphatic rings. The van der Waals surface area contributed by atoms with Crippen LogP contribution < -0.4 is 5.32 Å². The number of urea groups is 1. The van der Waals surface area contributed by atoms with Crippen LogP contribution in [-0.4, -0.2) is 22.5 Å². The molecule has 4 nitrogen and oxygen atoms in total. The molecule has 0 aliphatic carbocycles. The number of benzene rings is 1. The zero-order valence-electron chi connectivity index (χ0n) is 14.9. The number of thiophene rings is 2. The minimum atomic E-state index is -0.0933. The van der Waals surface area contributed by atoms with Gasteiger partial charge in [-0.1, -0.05) is 36.4 Å². The molecule has 2 amide bonds. The van der Waals surface area contributed by atoms with Crippen molar-refractivity contribution in [3.8, 4) is 11.3 Å². The summed E-state index contributed by atoms with van der Waals surface area (Å²) in [5.74, 6) is 0. The maximum Gasteiger partial charge on any atom is 0.324 e. The molecule has 0 saturated carbocycles. The van der Waals surface area contributed by atoms with E-state index in [1.165, 1.54) is 26.7 Å². The Hall–Kier alpha value is -2.48. The molecule has 0 spiro atoms. The Balaban J connectivity index is 1.40. The molecule has 0 fully saturated rings. The minimum absolute atomic E-state index is 0.0245. The second-order valence-electron chi connectivity index (χ2n) is 6.49. The molecule has 5 rings (SSSR count). The summed E-state index contributed by atoms with van der Waals surface area (Å²) >= 11 is 4.93. The number of carbonyl (C=O) groups excluding carboxylic acids is 1. The Labute approximate surface area is 175 Å². The van der Waals surface area contributed by atoms with Gasteiger partial charge in [0.2, 0.25) is 0 Å². The molecular formula is C21H17N3OS3. The fraction of sp³-hybridized carbons (Fsp3) is 0.143. The highest BCUT2D eigenvalue weighted by Crippen LogP contribution is 2.39. The smallest absolute Gasteiger partial charge is 0.312 e. The molecular weight excluding hydrogens is 406 g/mol. The van der Waals surface area contributed by atoms with Crippen LogP contribution in [0.25, 0.3) is 11.3 Å². The Morgan fingerprint density at radius 2 is 1.93 bits per heavy atom. The molecule has 7 heteroatoms. The standard InChI is InChI=1S/C21H17N3OS3/c25-21(23-20-22-16(13-28-20)14-5-2-1-3-6-14)24-10-8-17-15(9-12-27-17)19(24)18-7-4-11-26-18/h1-7,9,11-13,19H,8,10H2,(H,22,23,25). The highest BCUT2D eigenvalue weighted by Gasteiger charge is 2.33. The van der Waals surface area contributed by atoms with Gasteiger partial charge in [0.25, 0.3) is 0 Å². The topological polar surface area (TPSA) is 45.2 Å². The number of amides is 2. The lowest BCUT2D eigenvalue weighted by molar-refractivity contribution is 0.195. The first-order valence-electron chi connectivity index (χ1n) is 8.98. The number of aromatic nitrogens is 1. The van der Waals surface area contributed by atoms with Crippen LogP contribution in [0.2, 0.25) is 0 Å². The number of nitrogens with zero attached hydrogens (tertiary/aromatic N) is 2. The first-order chi connectivity index (χ1) is 13.8. The number of nitrogens with one attached hydrogen (secondary N) is 1. The lowest BCUT2D eigenvalue weighted by Gasteiger charge is -2.35. The van der Waals surface area contributed by atoms with E-state index in [-0.39, 0.29) is 12.1 Å². The first kappa shape index (κ1) is 17.6. The third-order valence-corrected chi connectivity index (χ3v) is 7.51. The quantitative estimate of drug-likeness (QED) is 0.432. The summed E-state index contributed by atoms with van der Waals surface area (Å²) in [6, 6.07) is 16.2. The summed E-state index contributed by atoms with van der Waals surface area (Å²) in [5.41, 5.74) is 3.18. The van der Waals surface area contributed by atoms with Crippen LogP contribution in [0.5, 0.6) is 0 Å². The van der Waals surface area contributed by atoms with Gasteiger partial charge < -0.3 is 4.90 Å². The summed E-state index contributed by atoms with van der Waals surface area (Å²) in [4.78, 5) is 22.2. The van der Waals surface area contributed by atoms with Crippen LogP contribution in [-0.2, 0) is 6.42 Å². The summed E-state index contributed by atoms with van der Waals surface area (Å²) in [6.07, 6.45) is 0.898. The van der Waals surface area contributed by atoms with Crippen LogP contribution in [0.15, 0.2) is 64.7 Å². The second-order valence-corrected chi connectivity index (χ2v) is 9.33.